The van der Waals surface area contributed by atoms with Crippen LogP contribution in [-0.4, -0.2) is 13.1 Å². The van der Waals surface area contributed by atoms with Crippen LogP contribution in [0.25, 0.3) is 0 Å². The Morgan fingerprint density at radius 2 is 2.05 bits per heavy atom. The highest BCUT2D eigenvalue weighted by Crippen LogP contribution is 2.24. The molecule has 0 bridgehead atoms. The maximum absolute atomic E-state index is 11.7. The van der Waals surface area contributed by atoms with Gasteiger partial charge in [0.25, 0.3) is 0 Å². The molecule has 0 saturated carbocycles. The number of methoxy groups -OCH3 is 1. The summed E-state index contributed by atoms with van der Waals surface area (Å²) >= 11 is 6.12. The molecule has 0 radical (unpaired) electrons. The lowest BCUT2D eigenvalue weighted by molar-refractivity contribution is 0.0602. The number of benzene rings is 2. The van der Waals surface area contributed by atoms with Gasteiger partial charge in [-0.3, -0.25) is 0 Å². The number of carbonyl (C=O) groups excluding carboxylic acids is 1. The SMILES string of the molecule is COC(=O)c1cc(NCc2ccccc2Cl)cc(C)c1N. The molecule has 4 nitrogen and oxygen atoms in total. The fourth-order valence-electron chi connectivity index (χ4n) is 2.02. The van der Waals surface area contributed by atoms with Gasteiger partial charge in [-0.05, 0) is 36.2 Å². The Labute approximate surface area is 128 Å². The van der Waals surface area contributed by atoms with E-state index in [4.69, 9.17) is 22.1 Å². The van der Waals surface area contributed by atoms with Crippen molar-refractivity contribution in [3.8, 4) is 0 Å². The minimum Gasteiger partial charge on any atom is -0.465 e. The van der Waals surface area contributed by atoms with E-state index in [1.165, 1.54) is 7.11 Å². The lowest BCUT2D eigenvalue weighted by atomic mass is 10.1. The number of ether oxygens (including phenoxy) is 1. The van der Waals surface area contributed by atoms with Crippen molar-refractivity contribution in [1.82, 2.24) is 0 Å². The van der Waals surface area contributed by atoms with Crippen molar-refractivity contribution in [2.45, 2.75) is 13.5 Å². The number of halogens is 1. The maximum atomic E-state index is 11.7. The third-order valence-electron chi connectivity index (χ3n) is 3.23. The van der Waals surface area contributed by atoms with Crippen LogP contribution in [0.3, 0.4) is 0 Å². The molecule has 2 rings (SSSR count). The molecular formula is C16H17ClN2O2. The first-order valence-corrected chi connectivity index (χ1v) is 6.86. The van der Waals surface area contributed by atoms with Crippen LogP contribution in [0, 0.1) is 6.92 Å². The molecule has 21 heavy (non-hydrogen) atoms. The highest BCUT2D eigenvalue weighted by Gasteiger charge is 2.13. The minimum atomic E-state index is -0.447. The Hall–Kier alpha value is -2.20. The smallest absolute Gasteiger partial charge is 0.340 e. The van der Waals surface area contributed by atoms with Crippen molar-refractivity contribution < 1.29 is 9.53 Å². The topological polar surface area (TPSA) is 64.3 Å². The molecular weight excluding hydrogens is 288 g/mol. The molecule has 2 aromatic rings. The fourth-order valence-corrected chi connectivity index (χ4v) is 2.22. The van der Waals surface area contributed by atoms with Gasteiger partial charge in [-0.25, -0.2) is 4.79 Å². The maximum Gasteiger partial charge on any atom is 0.340 e. The molecule has 0 fully saturated rings. The zero-order chi connectivity index (χ0) is 15.4. The standard InChI is InChI=1S/C16H17ClN2O2/c1-10-7-12(8-13(15(10)18)16(20)21-2)19-9-11-5-3-4-6-14(11)17/h3-8,19H,9,18H2,1-2H3. The number of hydrogen-bond donors (Lipinski definition) is 2. The second-order valence-electron chi connectivity index (χ2n) is 4.69. The third-order valence-corrected chi connectivity index (χ3v) is 3.60. The van der Waals surface area contributed by atoms with Crippen molar-refractivity contribution in [3.05, 3.63) is 58.1 Å². The highest BCUT2D eigenvalue weighted by atomic mass is 35.5. The lowest BCUT2D eigenvalue weighted by Gasteiger charge is -2.13. The largest absolute Gasteiger partial charge is 0.465 e. The van der Waals surface area contributed by atoms with Crippen LogP contribution < -0.4 is 11.1 Å². The summed E-state index contributed by atoms with van der Waals surface area (Å²) in [5.41, 5.74) is 9.30. The molecule has 0 atom stereocenters. The van der Waals surface area contributed by atoms with Gasteiger partial charge < -0.3 is 15.8 Å². The molecule has 5 heteroatoms. The molecule has 3 N–H and O–H groups in total. The van der Waals surface area contributed by atoms with Crippen molar-refractivity contribution in [2.75, 3.05) is 18.2 Å². The average Bonchev–Trinajstić information content (AvgIpc) is 2.48. The summed E-state index contributed by atoms with van der Waals surface area (Å²) in [6.45, 7) is 2.41. The quantitative estimate of drug-likeness (QED) is 0.669. The van der Waals surface area contributed by atoms with E-state index < -0.39 is 5.97 Å². The van der Waals surface area contributed by atoms with Gasteiger partial charge in [-0.2, -0.15) is 0 Å². The van der Waals surface area contributed by atoms with E-state index >= 15 is 0 Å². The first-order chi connectivity index (χ1) is 10.0. The Morgan fingerprint density at radius 1 is 1.33 bits per heavy atom. The first kappa shape index (κ1) is 15.2. The summed E-state index contributed by atoms with van der Waals surface area (Å²) in [4.78, 5) is 11.7. The van der Waals surface area contributed by atoms with Gasteiger partial charge >= 0.3 is 5.97 Å². The monoisotopic (exact) mass is 304 g/mol. The van der Waals surface area contributed by atoms with Crippen molar-refractivity contribution >= 4 is 28.9 Å². The molecule has 0 aliphatic heterocycles. The normalized spacial score (nSPS) is 10.2. The van der Waals surface area contributed by atoms with Crippen LogP contribution in [0.2, 0.25) is 5.02 Å². The summed E-state index contributed by atoms with van der Waals surface area (Å²) in [5, 5.41) is 3.94. The van der Waals surface area contributed by atoms with Gasteiger partial charge in [-0.15, -0.1) is 0 Å². The van der Waals surface area contributed by atoms with Gasteiger partial charge in [0, 0.05) is 22.9 Å². The predicted octanol–water partition coefficient (Wildman–Crippen LogP) is 3.63. The predicted molar refractivity (Wildman–Crippen MR) is 85.7 cm³/mol. The zero-order valence-electron chi connectivity index (χ0n) is 11.9. The Bertz CT molecular complexity index is 671. The summed E-state index contributed by atoms with van der Waals surface area (Å²) < 4.78 is 4.74. The van der Waals surface area contributed by atoms with Crippen LogP contribution >= 0.6 is 11.6 Å². The lowest BCUT2D eigenvalue weighted by Crippen LogP contribution is -2.09. The minimum absolute atomic E-state index is 0.360. The number of anilines is 2. The van der Waals surface area contributed by atoms with Crippen molar-refractivity contribution in [2.24, 2.45) is 0 Å². The van der Waals surface area contributed by atoms with Crippen LogP contribution in [0.4, 0.5) is 11.4 Å². The highest BCUT2D eigenvalue weighted by molar-refractivity contribution is 6.31. The van der Waals surface area contributed by atoms with Gasteiger partial charge in [-0.1, -0.05) is 29.8 Å². The average molecular weight is 305 g/mol. The Balaban J connectivity index is 2.23. The first-order valence-electron chi connectivity index (χ1n) is 6.48. The number of nitrogens with one attached hydrogen (secondary N) is 1. The number of nitrogens with two attached hydrogens (primary N) is 1. The van der Waals surface area contributed by atoms with E-state index in [1.807, 2.05) is 37.3 Å². The van der Waals surface area contributed by atoms with Crippen LogP contribution in [-0.2, 0) is 11.3 Å². The molecule has 0 amide bonds. The van der Waals surface area contributed by atoms with Gasteiger partial charge in [0.15, 0.2) is 0 Å². The van der Waals surface area contributed by atoms with E-state index in [-0.39, 0.29) is 0 Å². The van der Waals surface area contributed by atoms with Crippen molar-refractivity contribution in [1.29, 1.82) is 0 Å². The van der Waals surface area contributed by atoms with Gasteiger partial charge in [0.2, 0.25) is 0 Å². The Morgan fingerprint density at radius 3 is 2.71 bits per heavy atom. The molecule has 110 valence electrons. The van der Waals surface area contributed by atoms with E-state index in [9.17, 15) is 4.79 Å². The molecule has 0 aliphatic rings. The summed E-state index contributed by atoms with van der Waals surface area (Å²) in [6.07, 6.45) is 0. The van der Waals surface area contributed by atoms with Crippen LogP contribution in [0.1, 0.15) is 21.5 Å². The molecule has 2 aromatic carbocycles. The van der Waals surface area contributed by atoms with Gasteiger partial charge in [0.1, 0.15) is 0 Å². The fraction of sp³-hybridized carbons (Fsp3) is 0.188. The van der Waals surface area contributed by atoms with Crippen molar-refractivity contribution in [3.63, 3.8) is 0 Å². The van der Waals surface area contributed by atoms with E-state index in [2.05, 4.69) is 5.32 Å². The number of carbonyl (C=O) groups is 1. The van der Waals surface area contributed by atoms with E-state index in [1.54, 1.807) is 6.07 Å². The summed E-state index contributed by atoms with van der Waals surface area (Å²) in [6, 6.07) is 11.2. The number of rotatable bonds is 4. The Kier molecular flexibility index (Phi) is 4.70. The molecule has 0 aliphatic carbocycles. The molecule has 0 saturated heterocycles. The third kappa shape index (κ3) is 3.47. The number of nitrogen functional groups attached to an aromatic ring is 1. The molecule has 0 aromatic heterocycles. The molecule has 0 unspecified atom stereocenters. The number of esters is 1. The zero-order valence-corrected chi connectivity index (χ0v) is 12.7. The van der Waals surface area contributed by atoms with E-state index in [0.717, 1.165) is 16.8 Å². The number of aryl methyl sites for hydroxylation is 1. The van der Waals surface area contributed by atoms with E-state index in [0.29, 0.717) is 22.8 Å². The summed E-state index contributed by atoms with van der Waals surface area (Å²) in [5.74, 6) is -0.447. The molecule has 0 heterocycles. The van der Waals surface area contributed by atoms with Crippen LogP contribution in [0.5, 0.6) is 0 Å². The number of hydrogen-bond acceptors (Lipinski definition) is 4. The van der Waals surface area contributed by atoms with Gasteiger partial charge in [0.05, 0.1) is 12.7 Å². The summed E-state index contributed by atoms with van der Waals surface area (Å²) in [7, 11) is 1.33. The second-order valence-corrected chi connectivity index (χ2v) is 5.10. The van der Waals surface area contributed by atoms with Crippen LogP contribution in [0.15, 0.2) is 36.4 Å². The molecule has 0 spiro atoms. The second kappa shape index (κ2) is 6.50.